The molecule has 0 aromatic heterocycles. The number of nitrogens with zero attached hydrogens (tertiary/aromatic N) is 1. The molecular weight excluding hydrogens is 254 g/mol. The molecule has 4 nitrogen and oxygen atoms in total. The minimum atomic E-state index is -0.0837. The lowest BCUT2D eigenvalue weighted by Crippen LogP contribution is -2.43. The highest BCUT2D eigenvalue weighted by Crippen LogP contribution is 2.28. The summed E-state index contributed by atoms with van der Waals surface area (Å²) in [6, 6.07) is 5.10. The van der Waals surface area contributed by atoms with Crippen LogP contribution >= 0.6 is 0 Å². The van der Waals surface area contributed by atoms with Crippen LogP contribution < -0.4 is 4.74 Å². The lowest BCUT2D eigenvalue weighted by molar-refractivity contribution is 0.0597. The lowest BCUT2D eigenvalue weighted by atomic mass is 9.97. The fraction of sp³-hybridized carbons (Fsp3) is 0.562. The average Bonchev–Trinajstić information content (AvgIpc) is 2.48. The van der Waals surface area contributed by atoms with Gasteiger partial charge in [-0.3, -0.25) is 4.79 Å². The smallest absolute Gasteiger partial charge is 0.257 e. The first-order chi connectivity index (χ1) is 9.67. The zero-order valence-corrected chi connectivity index (χ0v) is 12.3. The van der Waals surface area contributed by atoms with E-state index in [1.54, 1.807) is 19.2 Å². The average molecular weight is 277 g/mol. The Morgan fingerprint density at radius 3 is 2.95 bits per heavy atom. The normalized spacial score (nSPS) is 18.9. The van der Waals surface area contributed by atoms with Gasteiger partial charge in [0, 0.05) is 12.6 Å². The quantitative estimate of drug-likeness (QED) is 0.919. The number of likely N-dealkylation sites (tertiary alicyclic amines) is 1. The molecule has 110 valence electrons. The number of phenolic OH excluding ortho intramolecular Hbond substituents is 1. The third-order valence-electron chi connectivity index (χ3n) is 3.94. The minimum absolute atomic E-state index is 0.0246. The molecule has 1 heterocycles. The van der Waals surface area contributed by atoms with Gasteiger partial charge in [-0.1, -0.05) is 13.3 Å². The maximum Gasteiger partial charge on any atom is 0.257 e. The predicted molar refractivity (Wildman–Crippen MR) is 78.2 cm³/mol. The van der Waals surface area contributed by atoms with E-state index in [1.807, 2.05) is 4.90 Å². The number of hydrogen-bond donors (Lipinski definition) is 1. The molecule has 1 unspecified atom stereocenters. The van der Waals surface area contributed by atoms with Crippen molar-refractivity contribution in [2.45, 2.75) is 45.1 Å². The molecule has 1 N–H and O–H groups in total. The summed E-state index contributed by atoms with van der Waals surface area (Å²) in [5.74, 6) is 0.534. The number of piperidine rings is 1. The van der Waals surface area contributed by atoms with Gasteiger partial charge >= 0.3 is 0 Å². The standard InChI is InChI=1S/C16H23NO3/c1-3-6-12-7-4-5-10-17(12)16(19)14-11-13(20-2)8-9-15(14)18/h8-9,11-12,18H,3-7,10H2,1-2H3. The van der Waals surface area contributed by atoms with Crippen LogP contribution in [0.1, 0.15) is 49.4 Å². The van der Waals surface area contributed by atoms with E-state index in [0.29, 0.717) is 17.4 Å². The summed E-state index contributed by atoms with van der Waals surface area (Å²) >= 11 is 0. The molecule has 0 saturated carbocycles. The van der Waals surface area contributed by atoms with Gasteiger partial charge in [-0.05, 0) is 43.9 Å². The van der Waals surface area contributed by atoms with E-state index < -0.39 is 0 Å². The molecule has 0 radical (unpaired) electrons. The van der Waals surface area contributed by atoms with Crippen LogP contribution in [0.5, 0.6) is 11.5 Å². The van der Waals surface area contributed by atoms with Crippen LogP contribution in [-0.4, -0.2) is 35.6 Å². The van der Waals surface area contributed by atoms with Crippen LogP contribution in [0.25, 0.3) is 0 Å². The number of aromatic hydroxyl groups is 1. The van der Waals surface area contributed by atoms with Crippen molar-refractivity contribution in [2.75, 3.05) is 13.7 Å². The van der Waals surface area contributed by atoms with E-state index in [0.717, 1.165) is 32.2 Å². The van der Waals surface area contributed by atoms with Crippen molar-refractivity contribution in [3.05, 3.63) is 23.8 Å². The third-order valence-corrected chi connectivity index (χ3v) is 3.94. The Bertz CT molecular complexity index is 471. The molecule has 1 saturated heterocycles. The zero-order valence-electron chi connectivity index (χ0n) is 12.3. The van der Waals surface area contributed by atoms with Gasteiger partial charge in [-0.15, -0.1) is 0 Å². The molecule has 1 amide bonds. The van der Waals surface area contributed by atoms with Crippen LogP contribution in [0.15, 0.2) is 18.2 Å². The van der Waals surface area contributed by atoms with Gasteiger partial charge in [0.05, 0.1) is 12.7 Å². The molecule has 0 aliphatic carbocycles. The largest absolute Gasteiger partial charge is 0.507 e. The highest BCUT2D eigenvalue weighted by molar-refractivity contribution is 5.97. The summed E-state index contributed by atoms with van der Waals surface area (Å²) in [5, 5.41) is 9.94. The molecular formula is C16H23NO3. The number of phenols is 1. The van der Waals surface area contributed by atoms with Crippen molar-refractivity contribution in [3.8, 4) is 11.5 Å². The summed E-state index contributed by atoms with van der Waals surface area (Å²) in [6.45, 7) is 2.92. The van der Waals surface area contributed by atoms with Crippen molar-refractivity contribution in [2.24, 2.45) is 0 Å². The summed E-state index contributed by atoms with van der Waals surface area (Å²) < 4.78 is 5.14. The molecule has 1 atom stereocenters. The number of carbonyl (C=O) groups is 1. The monoisotopic (exact) mass is 277 g/mol. The Balaban J connectivity index is 2.24. The van der Waals surface area contributed by atoms with Crippen molar-refractivity contribution >= 4 is 5.91 Å². The molecule has 1 aromatic rings. The van der Waals surface area contributed by atoms with Crippen LogP contribution in [0.3, 0.4) is 0 Å². The number of ether oxygens (including phenoxy) is 1. The fourth-order valence-electron chi connectivity index (χ4n) is 2.87. The minimum Gasteiger partial charge on any atom is -0.507 e. The summed E-state index contributed by atoms with van der Waals surface area (Å²) in [6.07, 6.45) is 5.37. The molecule has 1 aliphatic rings. The molecule has 2 rings (SSSR count). The van der Waals surface area contributed by atoms with Gasteiger partial charge in [-0.2, -0.15) is 0 Å². The number of carbonyl (C=O) groups excluding carboxylic acids is 1. The Morgan fingerprint density at radius 1 is 1.45 bits per heavy atom. The first-order valence-corrected chi connectivity index (χ1v) is 7.35. The van der Waals surface area contributed by atoms with Gasteiger partial charge in [0.15, 0.2) is 0 Å². The Labute approximate surface area is 120 Å². The van der Waals surface area contributed by atoms with Gasteiger partial charge in [0.1, 0.15) is 11.5 Å². The van der Waals surface area contributed by atoms with Gasteiger partial charge < -0.3 is 14.7 Å². The molecule has 1 fully saturated rings. The topological polar surface area (TPSA) is 49.8 Å². The molecule has 4 heteroatoms. The summed E-state index contributed by atoms with van der Waals surface area (Å²) in [7, 11) is 1.56. The van der Waals surface area contributed by atoms with E-state index >= 15 is 0 Å². The summed E-state index contributed by atoms with van der Waals surface area (Å²) in [4.78, 5) is 14.6. The number of rotatable bonds is 4. The highest BCUT2D eigenvalue weighted by atomic mass is 16.5. The maximum absolute atomic E-state index is 12.7. The van der Waals surface area contributed by atoms with Gasteiger partial charge in [0.25, 0.3) is 5.91 Å². The predicted octanol–water partition coefficient (Wildman–Crippen LogP) is 3.20. The van der Waals surface area contributed by atoms with Crippen LogP contribution in [0.4, 0.5) is 0 Å². The van der Waals surface area contributed by atoms with Crippen LogP contribution in [-0.2, 0) is 0 Å². The van der Waals surface area contributed by atoms with E-state index in [1.165, 1.54) is 12.5 Å². The maximum atomic E-state index is 12.7. The third kappa shape index (κ3) is 3.06. The molecule has 1 aromatic carbocycles. The van der Waals surface area contributed by atoms with Gasteiger partial charge in [-0.25, -0.2) is 0 Å². The number of amides is 1. The first kappa shape index (κ1) is 14.7. The second-order valence-electron chi connectivity index (χ2n) is 5.32. The molecule has 0 bridgehead atoms. The highest BCUT2D eigenvalue weighted by Gasteiger charge is 2.28. The molecule has 20 heavy (non-hydrogen) atoms. The fourth-order valence-corrected chi connectivity index (χ4v) is 2.87. The zero-order chi connectivity index (χ0) is 14.5. The van der Waals surface area contributed by atoms with Gasteiger partial charge in [0.2, 0.25) is 0 Å². The first-order valence-electron chi connectivity index (χ1n) is 7.35. The van der Waals surface area contributed by atoms with Crippen molar-refractivity contribution < 1.29 is 14.6 Å². The van der Waals surface area contributed by atoms with E-state index in [2.05, 4.69) is 6.92 Å². The van der Waals surface area contributed by atoms with Crippen molar-refractivity contribution in [1.29, 1.82) is 0 Å². The molecule has 0 spiro atoms. The Hall–Kier alpha value is -1.71. The Kier molecular flexibility index (Phi) is 4.88. The lowest BCUT2D eigenvalue weighted by Gasteiger charge is -2.36. The van der Waals surface area contributed by atoms with Crippen LogP contribution in [0, 0.1) is 0 Å². The van der Waals surface area contributed by atoms with E-state index in [9.17, 15) is 9.90 Å². The van der Waals surface area contributed by atoms with Crippen LogP contribution in [0.2, 0.25) is 0 Å². The molecule has 1 aliphatic heterocycles. The number of methoxy groups -OCH3 is 1. The number of hydrogen-bond acceptors (Lipinski definition) is 3. The Morgan fingerprint density at radius 2 is 2.25 bits per heavy atom. The summed E-state index contributed by atoms with van der Waals surface area (Å²) in [5.41, 5.74) is 0.340. The second kappa shape index (κ2) is 6.64. The number of benzene rings is 1. The second-order valence-corrected chi connectivity index (χ2v) is 5.32. The SMILES string of the molecule is CCCC1CCCCN1C(=O)c1cc(OC)ccc1O. The van der Waals surface area contributed by atoms with Crippen molar-refractivity contribution in [1.82, 2.24) is 4.90 Å². The van der Waals surface area contributed by atoms with E-state index in [4.69, 9.17) is 4.74 Å². The van der Waals surface area contributed by atoms with Crippen molar-refractivity contribution in [3.63, 3.8) is 0 Å². The van der Waals surface area contributed by atoms with E-state index in [-0.39, 0.29) is 11.7 Å².